The van der Waals surface area contributed by atoms with Crippen molar-refractivity contribution in [1.29, 1.82) is 0 Å². The molecule has 0 aliphatic carbocycles. The molecule has 7 heteroatoms. The summed E-state index contributed by atoms with van der Waals surface area (Å²) in [6.45, 7) is 9.47. The van der Waals surface area contributed by atoms with E-state index >= 15 is 0 Å². The van der Waals surface area contributed by atoms with Crippen molar-refractivity contribution >= 4 is 11.7 Å². The van der Waals surface area contributed by atoms with E-state index in [1.54, 1.807) is 6.07 Å². The van der Waals surface area contributed by atoms with Gasteiger partial charge in [-0.15, -0.1) is 10.2 Å². The summed E-state index contributed by atoms with van der Waals surface area (Å²) in [4.78, 5) is 15.8. The fraction of sp³-hybridized carbons (Fsp3) is 0.706. The number of primary amides is 1. The van der Waals surface area contributed by atoms with Gasteiger partial charge in [0.05, 0.1) is 12.2 Å². The van der Waals surface area contributed by atoms with Crippen LogP contribution in [-0.2, 0) is 4.74 Å². The summed E-state index contributed by atoms with van der Waals surface area (Å²) in [5, 5.41) is 8.03. The highest BCUT2D eigenvalue weighted by atomic mass is 16.5. The molecule has 0 aromatic carbocycles. The van der Waals surface area contributed by atoms with Gasteiger partial charge in [0.25, 0.3) is 5.91 Å². The van der Waals surface area contributed by atoms with Crippen LogP contribution in [0.2, 0.25) is 0 Å². The van der Waals surface area contributed by atoms with E-state index in [0.29, 0.717) is 12.2 Å². The smallest absolute Gasteiger partial charge is 0.269 e. The quantitative estimate of drug-likeness (QED) is 0.881. The number of carbonyl (C=O) groups is 1. The first-order chi connectivity index (χ1) is 11.5. The van der Waals surface area contributed by atoms with Gasteiger partial charge in [-0.3, -0.25) is 9.69 Å². The van der Waals surface area contributed by atoms with Crippen LogP contribution in [0.5, 0.6) is 0 Å². The molecule has 7 nitrogen and oxygen atoms in total. The Balaban J connectivity index is 1.49. The van der Waals surface area contributed by atoms with Crippen molar-refractivity contribution in [2.24, 2.45) is 11.7 Å². The molecule has 2 aliphatic heterocycles. The van der Waals surface area contributed by atoms with Gasteiger partial charge in [0.2, 0.25) is 0 Å². The van der Waals surface area contributed by atoms with Crippen LogP contribution in [0.1, 0.15) is 37.2 Å². The number of nitrogens with zero attached hydrogens (tertiary/aromatic N) is 4. The van der Waals surface area contributed by atoms with Crippen molar-refractivity contribution in [3.05, 3.63) is 17.8 Å². The van der Waals surface area contributed by atoms with Crippen LogP contribution in [0.25, 0.3) is 0 Å². The third-order valence-electron chi connectivity index (χ3n) is 4.85. The summed E-state index contributed by atoms with van der Waals surface area (Å²) >= 11 is 0. The first-order valence-electron chi connectivity index (χ1n) is 8.77. The van der Waals surface area contributed by atoms with E-state index < -0.39 is 5.91 Å². The van der Waals surface area contributed by atoms with E-state index in [-0.39, 0.29) is 5.69 Å². The average molecular weight is 333 g/mol. The Morgan fingerprint density at radius 1 is 1.21 bits per heavy atom. The number of amides is 1. The summed E-state index contributed by atoms with van der Waals surface area (Å²) in [5.74, 6) is 1.00. The van der Waals surface area contributed by atoms with E-state index in [4.69, 9.17) is 10.5 Å². The van der Waals surface area contributed by atoms with E-state index in [2.05, 4.69) is 33.8 Å². The van der Waals surface area contributed by atoms with Gasteiger partial charge in [0, 0.05) is 32.7 Å². The molecule has 132 valence electrons. The van der Waals surface area contributed by atoms with Crippen molar-refractivity contribution in [2.75, 3.05) is 37.6 Å². The fourth-order valence-corrected chi connectivity index (χ4v) is 3.77. The predicted octanol–water partition coefficient (Wildman–Crippen LogP) is 0.901. The molecule has 2 unspecified atom stereocenters. The molecule has 0 saturated carbocycles. The molecule has 0 bridgehead atoms. The normalized spacial score (nSPS) is 26.5. The Labute approximate surface area is 143 Å². The Hall–Kier alpha value is -1.73. The van der Waals surface area contributed by atoms with Crippen LogP contribution < -0.4 is 10.6 Å². The Morgan fingerprint density at radius 2 is 1.88 bits per heavy atom. The molecular weight excluding hydrogens is 306 g/mol. The van der Waals surface area contributed by atoms with E-state index in [1.165, 1.54) is 0 Å². The van der Waals surface area contributed by atoms with Gasteiger partial charge >= 0.3 is 0 Å². The van der Waals surface area contributed by atoms with Crippen molar-refractivity contribution in [1.82, 2.24) is 15.1 Å². The Bertz CT molecular complexity index is 547. The maximum Gasteiger partial charge on any atom is 0.269 e. The highest BCUT2D eigenvalue weighted by Crippen LogP contribution is 2.23. The van der Waals surface area contributed by atoms with Gasteiger partial charge in [-0.05, 0) is 44.7 Å². The van der Waals surface area contributed by atoms with Crippen LogP contribution in [-0.4, -0.2) is 65.9 Å². The number of hydrogen-bond acceptors (Lipinski definition) is 6. The Kier molecular flexibility index (Phi) is 5.30. The standard InChI is InChI=1S/C17H27N5O2/c1-12-9-21(10-13(2)24-12)11-14-5-7-22(8-6-14)16-4-3-15(17(18)23)19-20-16/h3-4,12-14H,5-11H2,1-2H3,(H2,18,23). The number of nitrogens with two attached hydrogens (primary N) is 1. The van der Waals surface area contributed by atoms with Crippen LogP contribution in [0.4, 0.5) is 5.82 Å². The molecule has 24 heavy (non-hydrogen) atoms. The minimum absolute atomic E-state index is 0.212. The molecule has 2 aliphatic rings. The lowest BCUT2D eigenvalue weighted by Gasteiger charge is -2.39. The highest BCUT2D eigenvalue weighted by Gasteiger charge is 2.27. The first-order valence-corrected chi connectivity index (χ1v) is 8.77. The molecule has 0 radical (unpaired) electrons. The average Bonchev–Trinajstić information content (AvgIpc) is 2.55. The lowest BCUT2D eigenvalue weighted by Crippen LogP contribution is -2.48. The molecule has 1 amide bonds. The third-order valence-corrected chi connectivity index (χ3v) is 4.85. The van der Waals surface area contributed by atoms with Gasteiger partial charge in [0.15, 0.2) is 11.5 Å². The number of rotatable bonds is 4. The van der Waals surface area contributed by atoms with Gasteiger partial charge < -0.3 is 15.4 Å². The number of ether oxygens (including phenoxy) is 1. The lowest BCUT2D eigenvalue weighted by molar-refractivity contribution is -0.0720. The summed E-state index contributed by atoms with van der Waals surface area (Å²) in [6, 6.07) is 3.48. The maximum atomic E-state index is 11.1. The second-order valence-corrected chi connectivity index (χ2v) is 7.05. The second kappa shape index (κ2) is 7.44. The molecular formula is C17H27N5O2. The molecule has 3 rings (SSSR count). The molecule has 2 saturated heterocycles. The van der Waals surface area contributed by atoms with Gasteiger partial charge in [-0.1, -0.05) is 0 Å². The SMILES string of the molecule is CC1CN(CC2CCN(c3ccc(C(N)=O)nn3)CC2)CC(C)O1. The summed E-state index contributed by atoms with van der Waals surface area (Å²) in [6.07, 6.45) is 2.96. The van der Waals surface area contributed by atoms with Gasteiger partial charge in [0.1, 0.15) is 0 Å². The van der Waals surface area contributed by atoms with Crippen LogP contribution >= 0.6 is 0 Å². The summed E-state index contributed by atoms with van der Waals surface area (Å²) in [5.41, 5.74) is 5.41. The molecule has 2 N–H and O–H groups in total. The third kappa shape index (κ3) is 4.21. The summed E-state index contributed by atoms with van der Waals surface area (Å²) in [7, 11) is 0. The molecule has 3 heterocycles. The number of aromatic nitrogens is 2. The maximum absolute atomic E-state index is 11.1. The molecule has 1 aromatic rings. The van der Waals surface area contributed by atoms with Gasteiger partial charge in [-0.25, -0.2) is 0 Å². The Morgan fingerprint density at radius 3 is 2.42 bits per heavy atom. The number of morpholine rings is 1. The zero-order valence-corrected chi connectivity index (χ0v) is 14.5. The second-order valence-electron chi connectivity index (χ2n) is 7.05. The van der Waals surface area contributed by atoms with E-state index in [0.717, 1.165) is 57.3 Å². The zero-order chi connectivity index (χ0) is 17.1. The molecule has 1 aromatic heterocycles. The number of anilines is 1. The highest BCUT2D eigenvalue weighted by molar-refractivity contribution is 5.90. The van der Waals surface area contributed by atoms with Crippen LogP contribution in [0.15, 0.2) is 12.1 Å². The van der Waals surface area contributed by atoms with Crippen molar-refractivity contribution < 1.29 is 9.53 Å². The minimum Gasteiger partial charge on any atom is -0.373 e. The van der Waals surface area contributed by atoms with Crippen LogP contribution in [0, 0.1) is 5.92 Å². The molecule has 2 atom stereocenters. The fourth-order valence-electron chi connectivity index (χ4n) is 3.77. The number of piperidine rings is 1. The van der Waals surface area contributed by atoms with Crippen molar-refractivity contribution in [2.45, 2.75) is 38.9 Å². The predicted molar refractivity (Wildman–Crippen MR) is 91.9 cm³/mol. The van der Waals surface area contributed by atoms with E-state index in [1.807, 2.05) is 6.07 Å². The monoisotopic (exact) mass is 333 g/mol. The van der Waals surface area contributed by atoms with Crippen molar-refractivity contribution in [3.63, 3.8) is 0 Å². The molecule has 0 spiro atoms. The minimum atomic E-state index is -0.540. The van der Waals surface area contributed by atoms with Crippen molar-refractivity contribution in [3.8, 4) is 0 Å². The largest absolute Gasteiger partial charge is 0.373 e. The van der Waals surface area contributed by atoms with Crippen LogP contribution in [0.3, 0.4) is 0 Å². The number of hydrogen-bond donors (Lipinski definition) is 1. The first kappa shape index (κ1) is 17.1. The topological polar surface area (TPSA) is 84.6 Å². The van der Waals surface area contributed by atoms with E-state index in [9.17, 15) is 4.79 Å². The lowest BCUT2D eigenvalue weighted by atomic mass is 9.95. The molecule has 2 fully saturated rings. The number of carbonyl (C=O) groups excluding carboxylic acids is 1. The summed E-state index contributed by atoms with van der Waals surface area (Å²) < 4.78 is 5.81. The zero-order valence-electron chi connectivity index (χ0n) is 14.5. The van der Waals surface area contributed by atoms with Gasteiger partial charge in [-0.2, -0.15) is 0 Å².